The van der Waals surface area contributed by atoms with Crippen LogP contribution in [0.15, 0.2) is 73.1 Å². The summed E-state index contributed by atoms with van der Waals surface area (Å²) in [7, 11) is 1.39. The number of hydrogen-bond acceptors (Lipinski definition) is 6. The predicted molar refractivity (Wildman–Crippen MR) is 119 cm³/mol. The second-order valence-corrected chi connectivity index (χ2v) is 7.06. The van der Waals surface area contributed by atoms with Gasteiger partial charge in [0.15, 0.2) is 0 Å². The van der Waals surface area contributed by atoms with Crippen molar-refractivity contribution in [3.63, 3.8) is 0 Å². The van der Waals surface area contributed by atoms with E-state index in [-0.39, 0.29) is 11.9 Å². The molecule has 32 heavy (non-hydrogen) atoms. The van der Waals surface area contributed by atoms with Gasteiger partial charge >= 0.3 is 0 Å². The van der Waals surface area contributed by atoms with Crippen molar-refractivity contribution in [3.8, 4) is 11.6 Å². The van der Waals surface area contributed by atoms with Crippen LogP contribution in [0.5, 0.6) is 11.6 Å². The van der Waals surface area contributed by atoms with Gasteiger partial charge in [0.05, 0.1) is 12.5 Å². The molecule has 2 aromatic carbocycles. The van der Waals surface area contributed by atoms with Crippen molar-refractivity contribution in [2.24, 2.45) is 0 Å². The van der Waals surface area contributed by atoms with Crippen LogP contribution in [0.4, 0.5) is 10.2 Å². The summed E-state index contributed by atoms with van der Waals surface area (Å²) in [5, 5.41) is 4.94. The quantitative estimate of drug-likeness (QED) is 0.399. The number of hydroxylamine groups is 1. The normalized spacial score (nSPS) is 11.7. The maximum atomic E-state index is 13.6. The summed E-state index contributed by atoms with van der Waals surface area (Å²) >= 11 is 0. The number of anilines is 1. The molecule has 2 heterocycles. The van der Waals surface area contributed by atoms with E-state index < -0.39 is 5.82 Å². The molecule has 8 heteroatoms. The topological polar surface area (TPSA) is 85.4 Å². The molecule has 0 unspecified atom stereocenters. The molecule has 4 rings (SSSR count). The first-order valence-corrected chi connectivity index (χ1v) is 9.92. The summed E-state index contributed by atoms with van der Waals surface area (Å²) in [5.74, 6) is 0.534. The molecular weight excluding hydrogens is 411 g/mol. The van der Waals surface area contributed by atoms with Gasteiger partial charge < -0.3 is 10.1 Å². The van der Waals surface area contributed by atoms with Gasteiger partial charge in [-0.3, -0.25) is 9.63 Å². The van der Waals surface area contributed by atoms with E-state index in [0.29, 0.717) is 28.4 Å². The summed E-state index contributed by atoms with van der Waals surface area (Å²) in [6, 6.07) is 16.6. The number of nitrogens with zero attached hydrogens (tertiary/aromatic N) is 2. The van der Waals surface area contributed by atoms with E-state index in [9.17, 15) is 9.18 Å². The van der Waals surface area contributed by atoms with Crippen molar-refractivity contribution in [3.05, 3.63) is 90.0 Å². The van der Waals surface area contributed by atoms with Crippen molar-refractivity contribution >= 4 is 22.5 Å². The van der Waals surface area contributed by atoms with E-state index in [1.807, 2.05) is 31.2 Å². The molecule has 7 nitrogen and oxygen atoms in total. The molecule has 2 N–H and O–H groups in total. The third-order valence-corrected chi connectivity index (χ3v) is 4.87. The lowest BCUT2D eigenvalue weighted by atomic mass is 10.1. The first-order valence-electron chi connectivity index (χ1n) is 9.92. The molecule has 0 aliphatic carbocycles. The zero-order valence-corrected chi connectivity index (χ0v) is 17.5. The summed E-state index contributed by atoms with van der Waals surface area (Å²) < 4.78 is 19.5. The highest BCUT2D eigenvalue weighted by Crippen LogP contribution is 2.33. The minimum Gasteiger partial charge on any atom is -0.438 e. The number of fused-ring (bicyclic) bond motifs is 1. The molecule has 0 spiro atoms. The highest BCUT2D eigenvalue weighted by Gasteiger charge is 2.15. The molecule has 162 valence electrons. The Bertz CT molecular complexity index is 1240. The molecule has 4 aromatic rings. The first kappa shape index (κ1) is 21.2. The molecule has 0 aliphatic heterocycles. The van der Waals surface area contributed by atoms with Gasteiger partial charge in [-0.2, -0.15) is 0 Å². The van der Waals surface area contributed by atoms with E-state index in [1.165, 1.54) is 19.2 Å². The van der Waals surface area contributed by atoms with Gasteiger partial charge in [-0.1, -0.05) is 18.2 Å². The molecule has 1 atom stereocenters. The molecule has 0 fully saturated rings. The number of carbonyl (C=O) groups is 1. The van der Waals surface area contributed by atoms with Gasteiger partial charge in [0.2, 0.25) is 5.88 Å². The highest BCUT2D eigenvalue weighted by molar-refractivity contribution is 5.96. The minimum absolute atomic E-state index is 0.130. The number of halogens is 1. The van der Waals surface area contributed by atoms with Gasteiger partial charge in [0, 0.05) is 30.1 Å². The zero-order chi connectivity index (χ0) is 22.5. The van der Waals surface area contributed by atoms with Crippen molar-refractivity contribution < 1.29 is 18.8 Å². The van der Waals surface area contributed by atoms with Crippen LogP contribution in [0.1, 0.15) is 28.9 Å². The number of amides is 1. The van der Waals surface area contributed by atoms with Crippen LogP contribution < -0.4 is 15.5 Å². The van der Waals surface area contributed by atoms with Crippen molar-refractivity contribution in [2.45, 2.75) is 13.0 Å². The lowest BCUT2D eigenvalue weighted by Gasteiger charge is -2.18. The number of pyridine rings is 2. The smallest absolute Gasteiger partial charge is 0.274 e. The van der Waals surface area contributed by atoms with Crippen LogP contribution in [0, 0.1) is 5.82 Å². The SMILES string of the molecule is CONC(=O)c1ccc([C@H](C)Nc2nccc3ccnc(Oc4cccc(F)c4)c23)cc1. The molecule has 0 saturated heterocycles. The van der Waals surface area contributed by atoms with Crippen LogP contribution in [0.3, 0.4) is 0 Å². The summed E-state index contributed by atoms with van der Waals surface area (Å²) in [6.45, 7) is 1.98. The van der Waals surface area contributed by atoms with Crippen LogP contribution in [0.2, 0.25) is 0 Å². The minimum atomic E-state index is -0.393. The standard InChI is InChI=1S/C24H21FN4O3/c1-15(16-6-8-18(9-7-16)23(30)29-31-2)28-22-21-17(10-12-26-22)11-13-27-24(21)32-20-5-3-4-19(25)14-20/h3-15H,1-2H3,(H,26,28)(H,29,30)/t15-/m0/s1. The van der Waals surface area contributed by atoms with E-state index in [2.05, 4.69) is 25.6 Å². The summed E-state index contributed by atoms with van der Waals surface area (Å²) in [5.41, 5.74) is 3.73. The van der Waals surface area contributed by atoms with E-state index in [0.717, 1.165) is 10.9 Å². The van der Waals surface area contributed by atoms with Crippen molar-refractivity contribution in [1.29, 1.82) is 0 Å². The number of nitrogens with one attached hydrogen (secondary N) is 2. The van der Waals surface area contributed by atoms with E-state index in [1.54, 1.807) is 36.7 Å². The zero-order valence-electron chi connectivity index (χ0n) is 17.5. The number of rotatable bonds is 7. The van der Waals surface area contributed by atoms with Gasteiger partial charge in [-0.25, -0.2) is 19.8 Å². The van der Waals surface area contributed by atoms with Crippen molar-refractivity contribution in [1.82, 2.24) is 15.4 Å². The number of aromatic nitrogens is 2. The van der Waals surface area contributed by atoms with Gasteiger partial charge in [0.1, 0.15) is 17.4 Å². The Hall–Kier alpha value is -4.04. The fourth-order valence-electron chi connectivity index (χ4n) is 3.28. The molecule has 0 aliphatic rings. The number of benzene rings is 2. The maximum Gasteiger partial charge on any atom is 0.274 e. The monoisotopic (exact) mass is 432 g/mol. The van der Waals surface area contributed by atoms with Crippen LogP contribution in [0.25, 0.3) is 10.8 Å². The predicted octanol–water partition coefficient (Wildman–Crippen LogP) is 5.03. The fourth-order valence-corrected chi connectivity index (χ4v) is 3.28. The lowest BCUT2D eigenvalue weighted by molar-refractivity contribution is 0.0537. The van der Waals surface area contributed by atoms with Gasteiger partial charge in [0.25, 0.3) is 5.91 Å². The number of hydrogen-bond donors (Lipinski definition) is 2. The average Bonchev–Trinajstić information content (AvgIpc) is 2.79. The Labute approximate surface area is 184 Å². The Morgan fingerprint density at radius 3 is 2.50 bits per heavy atom. The van der Waals surface area contributed by atoms with Crippen LogP contribution in [-0.4, -0.2) is 23.0 Å². The number of ether oxygens (including phenoxy) is 1. The Morgan fingerprint density at radius 2 is 1.78 bits per heavy atom. The second-order valence-electron chi connectivity index (χ2n) is 7.06. The largest absolute Gasteiger partial charge is 0.438 e. The molecule has 0 radical (unpaired) electrons. The Kier molecular flexibility index (Phi) is 6.23. The molecular formula is C24H21FN4O3. The summed E-state index contributed by atoms with van der Waals surface area (Å²) in [4.78, 5) is 25.3. The number of carbonyl (C=O) groups excluding carboxylic acids is 1. The lowest BCUT2D eigenvalue weighted by Crippen LogP contribution is -2.21. The highest BCUT2D eigenvalue weighted by atomic mass is 19.1. The molecule has 0 saturated carbocycles. The summed E-state index contributed by atoms with van der Waals surface area (Å²) in [6.07, 6.45) is 3.33. The van der Waals surface area contributed by atoms with Crippen molar-refractivity contribution in [2.75, 3.05) is 12.4 Å². The Morgan fingerprint density at radius 1 is 1.03 bits per heavy atom. The fraction of sp³-hybridized carbons (Fsp3) is 0.125. The average molecular weight is 432 g/mol. The van der Waals surface area contributed by atoms with E-state index in [4.69, 9.17) is 4.74 Å². The van der Waals surface area contributed by atoms with Crippen LogP contribution in [-0.2, 0) is 4.84 Å². The van der Waals surface area contributed by atoms with Crippen LogP contribution >= 0.6 is 0 Å². The Balaban J connectivity index is 1.62. The second kappa shape index (κ2) is 9.40. The third-order valence-electron chi connectivity index (χ3n) is 4.87. The molecule has 1 amide bonds. The van der Waals surface area contributed by atoms with Gasteiger partial charge in [-0.05, 0) is 54.3 Å². The molecule has 0 bridgehead atoms. The van der Waals surface area contributed by atoms with Gasteiger partial charge in [-0.15, -0.1) is 0 Å². The third kappa shape index (κ3) is 4.65. The van der Waals surface area contributed by atoms with E-state index >= 15 is 0 Å². The first-order chi connectivity index (χ1) is 15.5. The maximum absolute atomic E-state index is 13.6. The molecule has 2 aromatic heterocycles.